The van der Waals surface area contributed by atoms with Crippen LogP contribution < -0.4 is 10.1 Å². The Morgan fingerprint density at radius 3 is 2.81 bits per heavy atom. The summed E-state index contributed by atoms with van der Waals surface area (Å²) in [5.41, 5.74) is 1.29. The van der Waals surface area contributed by atoms with Crippen molar-refractivity contribution in [3.63, 3.8) is 0 Å². The molecule has 0 aromatic heterocycles. The van der Waals surface area contributed by atoms with Crippen molar-refractivity contribution in [2.24, 2.45) is 0 Å². The van der Waals surface area contributed by atoms with Gasteiger partial charge in [-0.25, -0.2) is 0 Å². The number of aryl methyl sites for hydroxylation is 1. The van der Waals surface area contributed by atoms with Gasteiger partial charge in [0.05, 0.1) is 0 Å². The van der Waals surface area contributed by atoms with E-state index in [2.05, 4.69) is 46.4 Å². The van der Waals surface area contributed by atoms with Gasteiger partial charge in [0, 0.05) is 4.47 Å². The number of benzene rings is 1. The van der Waals surface area contributed by atoms with Crippen LogP contribution in [0.1, 0.15) is 25.3 Å². The monoisotopic (exact) mass is 283 g/mol. The lowest BCUT2D eigenvalue weighted by molar-refractivity contribution is 0.161. The van der Waals surface area contributed by atoms with Crippen LogP contribution in [0.5, 0.6) is 5.75 Å². The van der Waals surface area contributed by atoms with Crippen molar-refractivity contribution in [2.75, 3.05) is 13.1 Å². The van der Waals surface area contributed by atoms with Gasteiger partial charge in [-0.2, -0.15) is 0 Å². The molecular formula is C13H18BrNO. The van der Waals surface area contributed by atoms with E-state index in [0.29, 0.717) is 6.10 Å². The summed E-state index contributed by atoms with van der Waals surface area (Å²) < 4.78 is 7.20. The summed E-state index contributed by atoms with van der Waals surface area (Å²) in [6, 6.07) is 6.27. The smallest absolute Gasteiger partial charge is 0.122 e. The highest BCUT2D eigenvalue weighted by atomic mass is 79.9. The van der Waals surface area contributed by atoms with Crippen molar-refractivity contribution in [2.45, 2.75) is 32.3 Å². The molecular weight excluding hydrogens is 266 g/mol. The molecule has 88 valence electrons. The van der Waals surface area contributed by atoms with E-state index < -0.39 is 0 Å². The highest BCUT2D eigenvalue weighted by Gasteiger charge is 2.15. The molecule has 1 aromatic carbocycles. The van der Waals surface area contributed by atoms with Gasteiger partial charge in [-0.1, -0.05) is 22.9 Å². The van der Waals surface area contributed by atoms with Gasteiger partial charge in [-0.3, -0.25) is 0 Å². The maximum Gasteiger partial charge on any atom is 0.122 e. The molecule has 16 heavy (non-hydrogen) atoms. The van der Waals surface area contributed by atoms with Crippen molar-refractivity contribution in [3.8, 4) is 5.75 Å². The maximum atomic E-state index is 6.07. The molecule has 1 aromatic rings. The van der Waals surface area contributed by atoms with Crippen LogP contribution in [0.4, 0.5) is 0 Å². The summed E-state index contributed by atoms with van der Waals surface area (Å²) in [6.45, 7) is 4.31. The third kappa shape index (κ3) is 2.98. The second kappa shape index (κ2) is 5.69. The fourth-order valence-corrected chi connectivity index (χ4v) is 2.44. The highest BCUT2D eigenvalue weighted by molar-refractivity contribution is 9.10. The van der Waals surface area contributed by atoms with Crippen molar-refractivity contribution in [3.05, 3.63) is 28.2 Å². The first-order valence-corrected chi connectivity index (χ1v) is 6.74. The van der Waals surface area contributed by atoms with Crippen LogP contribution in [0.2, 0.25) is 0 Å². The van der Waals surface area contributed by atoms with Gasteiger partial charge in [0.1, 0.15) is 11.9 Å². The normalized spacial score (nSPS) is 17.4. The molecule has 1 saturated heterocycles. The van der Waals surface area contributed by atoms with Crippen molar-refractivity contribution in [1.82, 2.24) is 5.32 Å². The number of halogens is 1. The molecule has 0 unspecified atom stereocenters. The van der Waals surface area contributed by atoms with Gasteiger partial charge in [-0.15, -0.1) is 0 Å². The average molecular weight is 284 g/mol. The molecule has 0 radical (unpaired) electrons. The first-order chi connectivity index (χ1) is 7.79. The molecule has 2 nitrogen and oxygen atoms in total. The van der Waals surface area contributed by atoms with E-state index in [1.807, 2.05) is 0 Å². The molecule has 3 heteroatoms. The van der Waals surface area contributed by atoms with Gasteiger partial charge in [0.2, 0.25) is 0 Å². The Bertz CT molecular complexity index is 348. The topological polar surface area (TPSA) is 21.3 Å². The second-order valence-corrected chi connectivity index (χ2v) is 5.09. The van der Waals surface area contributed by atoms with Gasteiger partial charge < -0.3 is 10.1 Å². The number of piperidine rings is 1. The zero-order valence-electron chi connectivity index (χ0n) is 9.63. The van der Waals surface area contributed by atoms with E-state index in [9.17, 15) is 0 Å². The molecule has 0 spiro atoms. The Balaban J connectivity index is 2.07. The predicted molar refractivity (Wildman–Crippen MR) is 70.0 cm³/mol. The second-order valence-electron chi connectivity index (χ2n) is 4.17. The van der Waals surface area contributed by atoms with Crippen molar-refractivity contribution in [1.29, 1.82) is 0 Å². The average Bonchev–Trinajstić information content (AvgIpc) is 2.33. The molecule has 0 atom stereocenters. The van der Waals surface area contributed by atoms with Gasteiger partial charge >= 0.3 is 0 Å². The Labute approximate surface area is 106 Å². The van der Waals surface area contributed by atoms with Crippen LogP contribution in [0.15, 0.2) is 22.7 Å². The number of nitrogens with one attached hydrogen (secondary N) is 1. The van der Waals surface area contributed by atoms with E-state index >= 15 is 0 Å². The third-order valence-corrected chi connectivity index (χ3v) is 3.48. The van der Waals surface area contributed by atoms with Crippen molar-refractivity contribution < 1.29 is 4.74 Å². The molecule has 0 amide bonds. The third-order valence-electron chi connectivity index (χ3n) is 2.98. The Kier molecular flexibility index (Phi) is 4.24. The summed E-state index contributed by atoms with van der Waals surface area (Å²) in [6.07, 6.45) is 3.62. The summed E-state index contributed by atoms with van der Waals surface area (Å²) in [7, 11) is 0. The zero-order valence-corrected chi connectivity index (χ0v) is 11.2. The van der Waals surface area contributed by atoms with Crippen LogP contribution in [0, 0.1) is 0 Å². The lowest BCUT2D eigenvalue weighted by Crippen LogP contribution is -2.34. The highest BCUT2D eigenvalue weighted by Crippen LogP contribution is 2.26. The van der Waals surface area contributed by atoms with Gasteiger partial charge in [-0.05, 0) is 56.1 Å². The summed E-state index contributed by atoms with van der Waals surface area (Å²) in [5.74, 6) is 1.05. The molecule has 1 heterocycles. The number of hydrogen-bond donors (Lipinski definition) is 1. The van der Waals surface area contributed by atoms with Crippen LogP contribution >= 0.6 is 15.9 Å². The molecule has 1 fully saturated rings. The van der Waals surface area contributed by atoms with Gasteiger partial charge in [0.25, 0.3) is 0 Å². The minimum Gasteiger partial charge on any atom is -0.490 e. The summed E-state index contributed by atoms with van der Waals surface area (Å²) in [5, 5.41) is 3.35. The quantitative estimate of drug-likeness (QED) is 0.920. The lowest BCUT2D eigenvalue weighted by atomic mass is 10.1. The molecule has 1 N–H and O–H groups in total. The fraction of sp³-hybridized carbons (Fsp3) is 0.538. The Morgan fingerprint density at radius 1 is 1.38 bits per heavy atom. The van der Waals surface area contributed by atoms with Crippen LogP contribution in [0.25, 0.3) is 0 Å². The van der Waals surface area contributed by atoms with Crippen molar-refractivity contribution >= 4 is 15.9 Å². The van der Waals surface area contributed by atoms with E-state index in [4.69, 9.17) is 4.74 Å². The fourth-order valence-electron chi connectivity index (χ4n) is 2.03. The van der Waals surface area contributed by atoms with Crippen LogP contribution in [-0.2, 0) is 6.42 Å². The Morgan fingerprint density at radius 2 is 2.12 bits per heavy atom. The van der Waals surface area contributed by atoms with E-state index in [1.165, 1.54) is 5.56 Å². The summed E-state index contributed by atoms with van der Waals surface area (Å²) in [4.78, 5) is 0. The molecule has 2 rings (SSSR count). The maximum absolute atomic E-state index is 6.07. The minimum atomic E-state index is 0.382. The molecule has 0 bridgehead atoms. The largest absolute Gasteiger partial charge is 0.490 e. The first kappa shape index (κ1) is 11.9. The van der Waals surface area contributed by atoms with E-state index in [-0.39, 0.29) is 0 Å². The minimum absolute atomic E-state index is 0.382. The lowest BCUT2D eigenvalue weighted by Gasteiger charge is -2.25. The molecule has 1 aliphatic rings. The van der Waals surface area contributed by atoms with E-state index in [0.717, 1.165) is 42.6 Å². The van der Waals surface area contributed by atoms with Crippen LogP contribution in [0.3, 0.4) is 0 Å². The molecule has 0 aliphatic carbocycles. The number of hydrogen-bond acceptors (Lipinski definition) is 2. The van der Waals surface area contributed by atoms with E-state index in [1.54, 1.807) is 0 Å². The standard InChI is InChI=1S/C13H18BrNO/c1-2-10-9-11(14)3-4-13(10)16-12-5-7-15-8-6-12/h3-4,9,12,15H,2,5-8H2,1H3. The van der Waals surface area contributed by atoms with Gasteiger partial charge in [0.15, 0.2) is 0 Å². The number of rotatable bonds is 3. The predicted octanol–water partition coefficient (Wildman–Crippen LogP) is 3.14. The molecule has 0 saturated carbocycles. The summed E-state index contributed by atoms with van der Waals surface area (Å²) >= 11 is 3.50. The number of ether oxygens (including phenoxy) is 1. The zero-order chi connectivity index (χ0) is 11.4. The first-order valence-electron chi connectivity index (χ1n) is 5.95. The Hall–Kier alpha value is -0.540. The van der Waals surface area contributed by atoms with Crippen LogP contribution in [-0.4, -0.2) is 19.2 Å². The SMILES string of the molecule is CCc1cc(Br)ccc1OC1CCNCC1. The molecule has 1 aliphatic heterocycles.